The van der Waals surface area contributed by atoms with Gasteiger partial charge in [0.05, 0.1) is 0 Å². The second-order valence-electron chi connectivity index (χ2n) is 5.46. The van der Waals surface area contributed by atoms with E-state index in [2.05, 4.69) is 48.6 Å². The zero-order valence-electron chi connectivity index (χ0n) is 11.1. The lowest BCUT2D eigenvalue weighted by Gasteiger charge is -2.43. The van der Waals surface area contributed by atoms with Gasteiger partial charge in [0.15, 0.2) is 0 Å². The van der Waals surface area contributed by atoms with E-state index in [9.17, 15) is 0 Å². The van der Waals surface area contributed by atoms with Crippen LogP contribution in [0.5, 0.6) is 0 Å². The van der Waals surface area contributed by atoms with Gasteiger partial charge in [0, 0.05) is 23.5 Å². The number of hydrogen-bond donors (Lipinski definition) is 1. The molecule has 0 radical (unpaired) electrons. The second-order valence-corrected chi connectivity index (χ2v) is 6.49. The van der Waals surface area contributed by atoms with Gasteiger partial charge in [0.25, 0.3) is 0 Å². The first-order valence-electron chi connectivity index (χ1n) is 6.63. The summed E-state index contributed by atoms with van der Waals surface area (Å²) in [6.07, 6.45) is 2.76. The molecule has 0 saturated heterocycles. The summed E-state index contributed by atoms with van der Waals surface area (Å²) >= 11 is 1.87. The third kappa shape index (κ3) is 3.54. The monoisotopic (exact) mass is 252 g/mol. The van der Waals surface area contributed by atoms with Crippen LogP contribution in [0.25, 0.3) is 0 Å². The molecule has 1 aromatic heterocycles. The predicted molar refractivity (Wildman–Crippen MR) is 75.4 cm³/mol. The van der Waals surface area contributed by atoms with Gasteiger partial charge in [-0.2, -0.15) is 0 Å². The van der Waals surface area contributed by atoms with E-state index in [0.717, 1.165) is 18.5 Å². The number of nitrogens with one attached hydrogen (secondary N) is 1. The molecule has 0 aromatic carbocycles. The largest absolute Gasteiger partial charge is 0.314 e. The average Bonchev–Trinajstić information content (AvgIpc) is 2.68. The van der Waals surface area contributed by atoms with E-state index in [1.54, 1.807) is 0 Å². The lowest BCUT2D eigenvalue weighted by Crippen LogP contribution is -2.49. The predicted octanol–water partition coefficient (Wildman–Crippen LogP) is 2.96. The van der Waals surface area contributed by atoms with Crippen molar-refractivity contribution in [3.63, 3.8) is 0 Å². The van der Waals surface area contributed by atoms with Gasteiger partial charge in [0.2, 0.25) is 0 Å². The van der Waals surface area contributed by atoms with Crippen LogP contribution < -0.4 is 5.32 Å². The highest BCUT2D eigenvalue weighted by Gasteiger charge is 2.33. The van der Waals surface area contributed by atoms with E-state index in [1.165, 1.54) is 24.3 Å². The number of thiophene rings is 1. The first kappa shape index (κ1) is 13.1. The summed E-state index contributed by atoms with van der Waals surface area (Å²) in [5, 5.41) is 5.74. The molecule has 1 fully saturated rings. The van der Waals surface area contributed by atoms with Crippen molar-refractivity contribution in [3.05, 3.63) is 22.4 Å². The van der Waals surface area contributed by atoms with Gasteiger partial charge in [0.1, 0.15) is 0 Å². The summed E-state index contributed by atoms with van der Waals surface area (Å²) in [4.78, 5) is 4.01. The summed E-state index contributed by atoms with van der Waals surface area (Å²) in [5.74, 6) is 0.849. The Morgan fingerprint density at radius 3 is 2.82 bits per heavy atom. The van der Waals surface area contributed by atoms with Crippen molar-refractivity contribution < 1.29 is 0 Å². The molecule has 0 amide bonds. The maximum Gasteiger partial charge on any atom is 0.0327 e. The SMILES string of the molecule is CC(C)NCC1CCC1N(C)Cc1cccs1. The van der Waals surface area contributed by atoms with E-state index in [1.807, 2.05) is 11.3 Å². The van der Waals surface area contributed by atoms with Crippen molar-refractivity contribution in [3.8, 4) is 0 Å². The zero-order valence-corrected chi connectivity index (χ0v) is 12.0. The molecule has 1 aromatic rings. The molecule has 2 atom stereocenters. The van der Waals surface area contributed by atoms with E-state index in [-0.39, 0.29) is 0 Å². The normalized spacial score (nSPS) is 24.3. The molecule has 2 nitrogen and oxygen atoms in total. The Kier molecular flexibility index (Phi) is 4.60. The Labute approximate surface area is 109 Å². The van der Waals surface area contributed by atoms with Gasteiger partial charge in [-0.1, -0.05) is 19.9 Å². The summed E-state index contributed by atoms with van der Waals surface area (Å²) in [5.41, 5.74) is 0. The smallest absolute Gasteiger partial charge is 0.0327 e. The van der Waals surface area contributed by atoms with Crippen molar-refractivity contribution in [2.75, 3.05) is 13.6 Å². The molecule has 1 aliphatic rings. The van der Waals surface area contributed by atoms with E-state index in [4.69, 9.17) is 0 Å². The molecule has 1 N–H and O–H groups in total. The molecule has 2 unspecified atom stereocenters. The molecule has 0 bridgehead atoms. The van der Waals surface area contributed by atoms with Crippen LogP contribution in [0.1, 0.15) is 31.6 Å². The highest BCUT2D eigenvalue weighted by molar-refractivity contribution is 7.09. The zero-order chi connectivity index (χ0) is 12.3. The van der Waals surface area contributed by atoms with E-state index < -0.39 is 0 Å². The average molecular weight is 252 g/mol. The first-order chi connectivity index (χ1) is 8.16. The van der Waals surface area contributed by atoms with Crippen LogP contribution in [0.3, 0.4) is 0 Å². The molecular weight excluding hydrogens is 228 g/mol. The Morgan fingerprint density at radius 1 is 1.47 bits per heavy atom. The number of nitrogens with zero attached hydrogens (tertiary/aromatic N) is 1. The number of hydrogen-bond acceptors (Lipinski definition) is 3. The van der Waals surface area contributed by atoms with Crippen molar-refractivity contribution in [1.82, 2.24) is 10.2 Å². The summed E-state index contributed by atoms with van der Waals surface area (Å²) in [6.45, 7) is 6.74. The molecule has 1 saturated carbocycles. The van der Waals surface area contributed by atoms with Gasteiger partial charge >= 0.3 is 0 Å². The van der Waals surface area contributed by atoms with Crippen molar-refractivity contribution >= 4 is 11.3 Å². The van der Waals surface area contributed by atoms with Crippen LogP contribution in [0.15, 0.2) is 17.5 Å². The molecule has 0 aliphatic heterocycles. The van der Waals surface area contributed by atoms with Crippen LogP contribution in [0.4, 0.5) is 0 Å². The number of rotatable bonds is 6. The highest BCUT2D eigenvalue weighted by Crippen LogP contribution is 2.32. The van der Waals surface area contributed by atoms with Gasteiger partial charge in [-0.05, 0) is 43.8 Å². The maximum atomic E-state index is 3.57. The van der Waals surface area contributed by atoms with Crippen LogP contribution in [-0.2, 0) is 6.54 Å². The molecule has 3 heteroatoms. The first-order valence-corrected chi connectivity index (χ1v) is 7.51. The van der Waals surface area contributed by atoms with Crippen molar-refractivity contribution in [1.29, 1.82) is 0 Å². The van der Waals surface area contributed by atoms with Gasteiger partial charge < -0.3 is 5.32 Å². The van der Waals surface area contributed by atoms with Crippen molar-refractivity contribution in [2.45, 2.75) is 45.3 Å². The fourth-order valence-corrected chi connectivity index (χ4v) is 3.29. The minimum absolute atomic E-state index is 0.610. The topological polar surface area (TPSA) is 15.3 Å². The summed E-state index contributed by atoms with van der Waals surface area (Å²) in [6, 6.07) is 5.77. The van der Waals surface area contributed by atoms with Crippen LogP contribution in [0, 0.1) is 5.92 Å². The summed E-state index contributed by atoms with van der Waals surface area (Å²) < 4.78 is 0. The second kappa shape index (κ2) is 5.98. The third-order valence-corrected chi connectivity index (χ3v) is 4.58. The van der Waals surface area contributed by atoms with Crippen molar-refractivity contribution in [2.24, 2.45) is 5.92 Å². The van der Waals surface area contributed by atoms with Gasteiger partial charge in [-0.25, -0.2) is 0 Å². The van der Waals surface area contributed by atoms with E-state index >= 15 is 0 Å². The fourth-order valence-electron chi connectivity index (χ4n) is 2.52. The minimum Gasteiger partial charge on any atom is -0.314 e. The molecule has 0 spiro atoms. The lowest BCUT2D eigenvalue weighted by molar-refractivity contribution is 0.0776. The molecule has 2 rings (SSSR count). The highest BCUT2D eigenvalue weighted by atomic mass is 32.1. The van der Waals surface area contributed by atoms with Gasteiger partial charge in [-0.15, -0.1) is 11.3 Å². The summed E-state index contributed by atoms with van der Waals surface area (Å²) in [7, 11) is 2.27. The molecule has 96 valence electrons. The molecular formula is C14H24N2S. The molecule has 1 heterocycles. The van der Waals surface area contributed by atoms with E-state index in [0.29, 0.717) is 6.04 Å². The lowest BCUT2D eigenvalue weighted by atomic mass is 9.78. The van der Waals surface area contributed by atoms with Crippen LogP contribution >= 0.6 is 11.3 Å². The Bertz CT molecular complexity index is 321. The standard InChI is InChI=1S/C14H24N2S/c1-11(2)15-9-12-6-7-14(12)16(3)10-13-5-4-8-17-13/h4-5,8,11-12,14-15H,6-7,9-10H2,1-3H3. The Morgan fingerprint density at radius 2 is 2.29 bits per heavy atom. The Hall–Kier alpha value is -0.380. The van der Waals surface area contributed by atoms with Crippen LogP contribution in [-0.4, -0.2) is 30.6 Å². The molecule has 1 aliphatic carbocycles. The molecule has 17 heavy (non-hydrogen) atoms. The Balaban J connectivity index is 1.77. The van der Waals surface area contributed by atoms with Gasteiger partial charge in [-0.3, -0.25) is 4.90 Å². The quantitative estimate of drug-likeness (QED) is 0.837. The fraction of sp³-hybridized carbons (Fsp3) is 0.714. The maximum absolute atomic E-state index is 3.57. The van der Waals surface area contributed by atoms with Crippen LogP contribution in [0.2, 0.25) is 0 Å². The third-order valence-electron chi connectivity index (χ3n) is 3.72. The minimum atomic E-state index is 0.610.